The zero-order chi connectivity index (χ0) is 12.5. The summed E-state index contributed by atoms with van der Waals surface area (Å²) < 4.78 is 0. The highest BCUT2D eigenvalue weighted by molar-refractivity contribution is 7.98. The van der Waals surface area contributed by atoms with Crippen LogP contribution in [-0.4, -0.2) is 24.9 Å². The number of aromatic amines is 1. The van der Waals surface area contributed by atoms with Gasteiger partial charge in [0.05, 0.1) is 12.0 Å². The van der Waals surface area contributed by atoms with Crippen LogP contribution in [0.4, 0.5) is 10.9 Å². The van der Waals surface area contributed by atoms with E-state index in [4.69, 9.17) is 11.5 Å². The Morgan fingerprint density at radius 1 is 1.28 bits per heavy atom. The van der Waals surface area contributed by atoms with Crippen LogP contribution < -0.4 is 11.5 Å². The maximum atomic E-state index is 5.81. The molecule has 0 aromatic carbocycles. The zero-order valence-electron chi connectivity index (χ0n) is 9.12. The van der Waals surface area contributed by atoms with Gasteiger partial charge in [0.15, 0.2) is 21.8 Å². The second kappa shape index (κ2) is 4.42. The largest absolute Gasteiger partial charge is 0.382 e. The molecule has 3 aromatic rings. The van der Waals surface area contributed by atoms with E-state index in [1.165, 1.54) is 23.1 Å². The first-order valence-electron chi connectivity index (χ1n) is 5.01. The van der Waals surface area contributed by atoms with Gasteiger partial charge in [-0.25, -0.2) is 19.9 Å². The molecule has 0 aliphatic rings. The Labute approximate surface area is 110 Å². The van der Waals surface area contributed by atoms with Crippen LogP contribution in [0, 0.1) is 0 Å². The van der Waals surface area contributed by atoms with E-state index in [9.17, 15) is 0 Å². The topological polar surface area (TPSA) is 119 Å². The fourth-order valence-electron chi connectivity index (χ4n) is 1.43. The molecular weight excluding hydrogens is 270 g/mol. The summed E-state index contributed by atoms with van der Waals surface area (Å²) in [4.78, 5) is 19.6. The zero-order valence-corrected chi connectivity index (χ0v) is 10.8. The second-order valence-corrected chi connectivity index (χ2v) is 5.29. The van der Waals surface area contributed by atoms with Gasteiger partial charge in [-0.15, -0.1) is 11.3 Å². The predicted octanol–water partition coefficient (Wildman–Crippen LogP) is 1.27. The molecule has 3 aromatic heterocycles. The molecule has 3 heterocycles. The number of nitrogens with one attached hydrogen (secondary N) is 1. The Balaban J connectivity index is 1.82. The van der Waals surface area contributed by atoms with Crippen molar-refractivity contribution in [2.24, 2.45) is 0 Å². The lowest BCUT2D eigenvalue weighted by Crippen LogP contribution is -1.97. The van der Waals surface area contributed by atoms with E-state index < -0.39 is 0 Å². The Bertz CT molecular complexity index is 689. The molecule has 18 heavy (non-hydrogen) atoms. The minimum atomic E-state index is 0.401. The van der Waals surface area contributed by atoms with Crippen molar-refractivity contribution in [3.05, 3.63) is 17.4 Å². The molecule has 0 aliphatic heterocycles. The molecule has 5 N–H and O–H groups in total. The molecule has 0 amide bonds. The lowest BCUT2D eigenvalue weighted by atomic mass is 10.5. The SMILES string of the molecule is Nc1nc(CSc2nc(N)c3[nH]cnc3n2)cs1. The molecule has 0 aliphatic carbocycles. The second-order valence-electron chi connectivity index (χ2n) is 3.46. The number of imidazole rings is 1. The van der Waals surface area contributed by atoms with Crippen molar-refractivity contribution in [3.8, 4) is 0 Å². The van der Waals surface area contributed by atoms with E-state index >= 15 is 0 Å². The van der Waals surface area contributed by atoms with Gasteiger partial charge in [0, 0.05) is 11.1 Å². The number of thiazole rings is 1. The highest BCUT2D eigenvalue weighted by Crippen LogP contribution is 2.24. The number of nitrogen functional groups attached to an aromatic ring is 2. The van der Waals surface area contributed by atoms with Crippen molar-refractivity contribution in [1.29, 1.82) is 0 Å². The van der Waals surface area contributed by atoms with Gasteiger partial charge in [-0.05, 0) is 0 Å². The number of H-pyrrole nitrogens is 1. The molecular formula is C9H9N7S2. The molecule has 0 fully saturated rings. The van der Waals surface area contributed by atoms with Crippen molar-refractivity contribution in [3.63, 3.8) is 0 Å². The molecule has 9 heteroatoms. The smallest absolute Gasteiger partial charge is 0.192 e. The third-order valence-corrected chi connectivity index (χ3v) is 3.82. The fourth-order valence-corrected chi connectivity index (χ4v) is 2.83. The Hall–Kier alpha value is -1.87. The average Bonchev–Trinajstić information content (AvgIpc) is 2.95. The molecule has 3 rings (SSSR count). The summed E-state index contributed by atoms with van der Waals surface area (Å²) >= 11 is 2.87. The van der Waals surface area contributed by atoms with Crippen molar-refractivity contribution in [2.45, 2.75) is 10.9 Å². The standard InChI is InChI=1S/C9H9N7S2/c10-6-5-7(13-3-12-5)16-9(15-6)18-2-4-1-17-8(11)14-4/h1,3H,2H2,(H2,11,14)(H3,10,12,13,15,16). The minimum absolute atomic E-state index is 0.401. The van der Waals surface area contributed by atoms with E-state index in [1.54, 1.807) is 6.33 Å². The van der Waals surface area contributed by atoms with Crippen LogP contribution in [-0.2, 0) is 5.75 Å². The van der Waals surface area contributed by atoms with Crippen LogP contribution in [0.25, 0.3) is 11.2 Å². The van der Waals surface area contributed by atoms with Crippen LogP contribution in [0.15, 0.2) is 16.9 Å². The third-order valence-electron chi connectivity index (χ3n) is 2.21. The Kier molecular flexibility index (Phi) is 2.76. The van der Waals surface area contributed by atoms with Crippen LogP contribution >= 0.6 is 23.1 Å². The summed E-state index contributed by atoms with van der Waals surface area (Å²) in [6, 6.07) is 0. The minimum Gasteiger partial charge on any atom is -0.382 e. The quantitative estimate of drug-likeness (QED) is 0.487. The number of nitrogens with two attached hydrogens (primary N) is 2. The molecule has 0 atom stereocenters. The predicted molar refractivity (Wildman–Crippen MR) is 72.2 cm³/mol. The summed E-state index contributed by atoms with van der Waals surface area (Å²) in [5.41, 5.74) is 13.5. The summed E-state index contributed by atoms with van der Waals surface area (Å²) in [5.74, 6) is 1.06. The summed E-state index contributed by atoms with van der Waals surface area (Å²) in [6.07, 6.45) is 1.55. The number of aromatic nitrogens is 5. The van der Waals surface area contributed by atoms with Gasteiger partial charge in [-0.1, -0.05) is 11.8 Å². The van der Waals surface area contributed by atoms with Gasteiger partial charge in [0.1, 0.15) is 5.52 Å². The van der Waals surface area contributed by atoms with Gasteiger partial charge in [0.2, 0.25) is 0 Å². The van der Waals surface area contributed by atoms with Gasteiger partial charge in [0.25, 0.3) is 0 Å². The number of nitrogens with zero attached hydrogens (tertiary/aromatic N) is 4. The van der Waals surface area contributed by atoms with Crippen molar-refractivity contribution < 1.29 is 0 Å². The van der Waals surface area contributed by atoms with E-state index in [0.29, 0.717) is 33.0 Å². The maximum Gasteiger partial charge on any atom is 0.192 e. The molecule has 0 bridgehead atoms. The van der Waals surface area contributed by atoms with Crippen LogP contribution in [0.2, 0.25) is 0 Å². The number of hydrogen-bond donors (Lipinski definition) is 3. The van der Waals surface area contributed by atoms with Gasteiger partial charge in [-0.2, -0.15) is 0 Å². The lowest BCUT2D eigenvalue weighted by molar-refractivity contribution is 0.999. The number of rotatable bonds is 3. The monoisotopic (exact) mass is 279 g/mol. The van der Waals surface area contributed by atoms with Crippen molar-refractivity contribution in [2.75, 3.05) is 11.5 Å². The number of hydrogen-bond acceptors (Lipinski definition) is 8. The van der Waals surface area contributed by atoms with Crippen molar-refractivity contribution >= 4 is 45.2 Å². The molecule has 0 radical (unpaired) electrons. The molecule has 0 spiro atoms. The normalized spacial score (nSPS) is 11.1. The van der Waals surface area contributed by atoms with Gasteiger partial charge < -0.3 is 16.5 Å². The molecule has 0 unspecified atom stereocenters. The molecule has 7 nitrogen and oxygen atoms in total. The van der Waals surface area contributed by atoms with E-state index in [2.05, 4.69) is 24.9 Å². The Morgan fingerprint density at radius 2 is 2.17 bits per heavy atom. The van der Waals surface area contributed by atoms with E-state index in [-0.39, 0.29) is 0 Å². The highest BCUT2D eigenvalue weighted by atomic mass is 32.2. The first-order valence-corrected chi connectivity index (χ1v) is 6.88. The summed E-state index contributed by atoms with van der Waals surface area (Å²) in [5, 5.41) is 3.06. The maximum absolute atomic E-state index is 5.81. The van der Waals surface area contributed by atoms with Gasteiger partial charge in [-0.3, -0.25) is 0 Å². The number of anilines is 2. The highest BCUT2D eigenvalue weighted by Gasteiger charge is 2.08. The fraction of sp³-hybridized carbons (Fsp3) is 0.111. The van der Waals surface area contributed by atoms with Crippen LogP contribution in [0.3, 0.4) is 0 Å². The first-order chi connectivity index (χ1) is 8.72. The molecule has 92 valence electrons. The first kappa shape index (κ1) is 11.2. The van der Waals surface area contributed by atoms with Crippen molar-refractivity contribution in [1.82, 2.24) is 24.9 Å². The van der Waals surface area contributed by atoms with E-state index in [0.717, 1.165) is 5.69 Å². The van der Waals surface area contributed by atoms with Crippen LogP contribution in [0.1, 0.15) is 5.69 Å². The summed E-state index contributed by atoms with van der Waals surface area (Å²) in [7, 11) is 0. The molecule has 0 saturated carbocycles. The van der Waals surface area contributed by atoms with Gasteiger partial charge >= 0.3 is 0 Å². The average molecular weight is 279 g/mol. The molecule has 0 saturated heterocycles. The Morgan fingerprint density at radius 3 is 2.94 bits per heavy atom. The summed E-state index contributed by atoms with van der Waals surface area (Å²) in [6.45, 7) is 0. The number of fused-ring (bicyclic) bond motifs is 1. The third kappa shape index (κ3) is 2.09. The van der Waals surface area contributed by atoms with Crippen LogP contribution in [0.5, 0.6) is 0 Å². The number of thioether (sulfide) groups is 1. The van der Waals surface area contributed by atoms with E-state index in [1.807, 2.05) is 5.38 Å². The lowest BCUT2D eigenvalue weighted by Gasteiger charge is -2.00.